The second-order valence-electron chi connectivity index (χ2n) is 6.59. The molecule has 0 saturated carbocycles. The number of urea groups is 1. The number of sulfone groups is 1. The van der Waals surface area contributed by atoms with Gasteiger partial charge < -0.3 is 10.2 Å². The van der Waals surface area contributed by atoms with Crippen molar-refractivity contribution in [3.63, 3.8) is 0 Å². The molecule has 1 aliphatic rings. The number of nitrogens with zero attached hydrogens (tertiary/aromatic N) is 2. The van der Waals surface area contributed by atoms with Crippen LogP contribution in [0.2, 0.25) is 0 Å². The fraction of sp³-hybridized carbons (Fsp3) is 0.533. The lowest BCUT2D eigenvalue weighted by molar-refractivity contribution is -0.385. The van der Waals surface area contributed by atoms with Crippen LogP contribution in [-0.2, 0) is 9.84 Å². The van der Waals surface area contributed by atoms with E-state index >= 15 is 0 Å². The van der Waals surface area contributed by atoms with E-state index in [9.17, 15) is 23.3 Å². The highest BCUT2D eigenvalue weighted by Crippen LogP contribution is 2.30. The predicted octanol–water partition coefficient (Wildman–Crippen LogP) is 2.25. The summed E-state index contributed by atoms with van der Waals surface area (Å²) in [6.07, 6.45) is 0. The molecule has 0 spiro atoms. The highest BCUT2D eigenvalue weighted by atomic mass is 32.2. The second kappa shape index (κ2) is 6.04. The number of nitro benzene ring substituents is 1. The van der Waals surface area contributed by atoms with Crippen molar-refractivity contribution in [2.24, 2.45) is 0 Å². The molecule has 0 aliphatic carbocycles. The number of aryl methyl sites for hydroxylation is 1. The number of nitro groups is 1. The number of amides is 2. The number of anilines is 1. The van der Waals surface area contributed by atoms with Crippen molar-refractivity contribution in [1.82, 2.24) is 4.90 Å². The van der Waals surface area contributed by atoms with E-state index in [0.717, 1.165) is 0 Å². The van der Waals surface area contributed by atoms with Crippen LogP contribution >= 0.6 is 0 Å². The third-order valence-electron chi connectivity index (χ3n) is 4.40. The Balaban J connectivity index is 2.25. The van der Waals surface area contributed by atoms with Crippen molar-refractivity contribution in [2.75, 3.05) is 24.2 Å². The smallest absolute Gasteiger partial charge is 0.321 e. The SMILES string of the molecule is Cc1ccc([N+](=O)[O-])c(C)c1NC(=O)N1CCS(=O)(=O)C(C)(C)C1. The summed E-state index contributed by atoms with van der Waals surface area (Å²) < 4.78 is 23.0. The van der Waals surface area contributed by atoms with Crippen LogP contribution in [0.15, 0.2) is 12.1 Å². The highest BCUT2D eigenvalue weighted by Gasteiger charge is 2.41. The lowest BCUT2D eigenvalue weighted by Crippen LogP contribution is -2.55. The van der Waals surface area contributed by atoms with Crippen LogP contribution in [0.1, 0.15) is 25.0 Å². The first-order valence-electron chi connectivity index (χ1n) is 7.49. The first-order chi connectivity index (χ1) is 11.0. The maximum absolute atomic E-state index is 12.5. The molecule has 1 saturated heterocycles. The molecular weight excluding hydrogens is 334 g/mol. The van der Waals surface area contributed by atoms with Gasteiger partial charge >= 0.3 is 6.03 Å². The number of hydrogen-bond donors (Lipinski definition) is 1. The summed E-state index contributed by atoms with van der Waals surface area (Å²) in [5, 5.41) is 13.7. The lowest BCUT2D eigenvalue weighted by Gasteiger charge is -2.37. The van der Waals surface area contributed by atoms with Crippen LogP contribution in [0.25, 0.3) is 0 Å². The second-order valence-corrected chi connectivity index (χ2v) is 9.33. The van der Waals surface area contributed by atoms with Gasteiger partial charge in [-0.15, -0.1) is 0 Å². The van der Waals surface area contributed by atoms with Crippen LogP contribution in [0.5, 0.6) is 0 Å². The largest absolute Gasteiger partial charge is 0.322 e. The summed E-state index contributed by atoms with van der Waals surface area (Å²) in [5.74, 6) is -0.0969. The minimum atomic E-state index is -3.25. The van der Waals surface area contributed by atoms with E-state index < -0.39 is 25.5 Å². The fourth-order valence-electron chi connectivity index (χ4n) is 2.73. The van der Waals surface area contributed by atoms with Gasteiger partial charge in [0, 0.05) is 19.2 Å². The van der Waals surface area contributed by atoms with Crippen LogP contribution in [-0.4, -0.2) is 47.9 Å². The standard InChI is InChI=1S/C15H21N3O5S/c1-10-5-6-12(18(20)21)11(2)13(10)16-14(19)17-7-8-24(22,23)15(3,4)9-17/h5-6H,7-9H2,1-4H3,(H,16,19). The Morgan fingerprint density at radius 2 is 1.96 bits per heavy atom. The molecule has 8 nitrogen and oxygen atoms in total. The van der Waals surface area contributed by atoms with E-state index in [1.807, 2.05) is 0 Å². The lowest BCUT2D eigenvalue weighted by atomic mass is 10.1. The van der Waals surface area contributed by atoms with E-state index in [0.29, 0.717) is 16.8 Å². The molecule has 24 heavy (non-hydrogen) atoms. The predicted molar refractivity (Wildman–Crippen MR) is 91.0 cm³/mol. The monoisotopic (exact) mass is 355 g/mol. The first-order valence-corrected chi connectivity index (χ1v) is 9.14. The Morgan fingerprint density at radius 3 is 2.50 bits per heavy atom. The van der Waals surface area contributed by atoms with E-state index in [4.69, 9.17) is 0 Å². The van der Waals surface area contributed by atoms with Crippen LogP contribution in [0.3, 0.4) is 0 Å². The molecule has 0 bridgehead atoms. The molecule has 2 amide bonds. The van der Waals surface area contributed by atoms with Crippen molar-refractivity contribution >= 4 is 27.2 Å². The molecule has 1 N–H and O–H groups in total. The maximum atomic E-state index is 12.5. The van der Waals surface area contributed by atoms with Crippen molar-refractivity contribution in [2.45, 2.75) is 32.4 Å². The third-order valence-corrected chi connectivity index (χ3v) is 6.94. The molecule has 1 aliphatic heterocycles. The first kappa shape index (κ1) is 18.2. The molecule has 132 valence electrons. The van der Waals surface area contributed by atoms with E-state index in [1.165, 1.54) is 11.0 Å². The van der Waals surface area contributed by atoms with Gasteiger partial charge in [0.05, 0.1) is 26.7 Å². The van der Waals surface area contributed by atoms with Crippen molar-refractivity contribution in [3.8, 4) is 0 Å². The van der Waals surface area contributed by atoms with Gasteiger partial charge in [-0.25, -0.2) is 13.2 Å². The average Bonchev–Trinajstić information content (AvgIpc) is 2.45. The molecule has 2 rings (SSSR count). The summed E-state index contributed by atoms with van der Waals surface area (Å²) in [6.45, 7) is 6.68. The molecule has 0 radical (unpaired) electrons. The third kappa shape index (κ3) is 3.21. The number of carbonyl (C=O) groups is 1. The minimum Gasteiger partial charge on any atom is -0.322 e. The molecule has 0 unspecified atom stereocenters. The minimum absolute atomic E-state index is 0.0718. The van der Waals surface area contributed by atoms with Crippen LogP contribution in [0.4, 0.5) is 16.2 Å². The number of benzene rings is 1. The highest BCUT2D eigenvalue weighted by molar-refractivity contribution is 7.92. The average molecular weight is 355 g/mol. The van der Waals surface area contributed by atoms with Crippen LogP contribution < -0.4 is 5.32 Å². The molecule has 0 aromatic heterocycles. The van der Waals surface area contributed by atoms with Crippen molar-refractivity contribution < 1.29 is 18.1 Å². The normalized spacial score (nSPS) is 18.9. The zero-order valence-electron chi connectivity index (χ0n) is 14.1. The Morgan fingerprint density at radius 1 is 1.33 bits per heavy atom. The molecule has 1 fully saturated rings. The van der Waals surface area contributed by atoms with Gasteiger partial charge in [-0.3, -0.25) is 10.1 Å². The zero-order valence-corrected chi connectivity index (χ0v) is 14.9. The zero-order chi connectivity index (χ0) is 18.3. The van der Waals surface area contributed by atoms with Crippen molar-refractivity contribution in [3.05, 3.63) is 33.4 Å². The fourth-order valence-corrected chi connectivity index (χ4v) is 4.10. The van der Waals surface area contributed by atoms with Gasteiger partial charge in [0.1, 0.15) is 0 Å². The maximum Gasteiger partial charge on any atom is 0.321 e. The van der Waals surface area contributed by atoms with Gasteiger partial charge in [0.15, 0.2) is 9.84 Å². The van der Waals surface area contributed by atoms with Gasteiger partial charge in [0.2, 0.25) is 0 Å². The van der Waals surface area contributed by atoms with E-state index in [-0.39, 0.29) is 24.5 Å². The summed E-state index contributed by atoms with van der Waals surface area (Å²) >= 11 is 0. The summed E-state index contributed by atoms with van der Waals surface area (Å²) in [6, 6.07) is 2.52. The van der Waals surface area contributed by atoms with Gasteiger partial charge in [0.25, 0.3) is 5.69 Å². The summed E-state index contributed by atoms with van der Waals surface area (Å²) in [5.41, 5.74) is 1.39. The van der Waals surface area contributed by atoms with Crippen molar-refractivity contribution in [1.29, 1.82) is 0 Å². The van der Waals surface area contributed by atoms with Gasteiger partial charge in [-0.2, -0.15) is 0 Å². The molecule has 0 atom stereocenters. The quantitative estimate of drug-likeness (QED) is 0.646. The Hall–Kier alpha value is -2.16. The van der Waals surface area contributed by atoms with E-state index in [2.05, 4.69) is 5.32 Å². The molecule has 9 heteroatoms. The topological polar surface area (TPSA) is 110 Å². The molecule has 1 aromatic rings. The Labute approximate surface area is 140 Å². The van der Waals surface area contributed by atoms with E-state index in [1.54, 1.807) is 33.8 Å². The Bertz CT molecular complexity index is 802. The number of nitrogens with one attached hydrogen (secondary N) is 1. The van der Waals surface area contributed by atoms with Crippen LogP contribution in [0, 0.1) is 24.0 Å². The van der Waals surface area contributed by atoms with Gasteiger partial charge in [-0.1, -0.05) is 6.07 Å². The number of rotatable bonds is 2. The Kier molecular flexibility index (Phi) is 4.58. The van der Waals surface area contributed by atoms with Gasteiger partial charge in [-0.05, 0) is 33.3 Å². The summed E-state index contributed by atoms with van der Waals surface area (Å²) in [7, 11) is -3.25. The summed E-state index contributed by atoms with van der Waals surface area (Å²) in [4.78, 5) is 24.5. The number of hydrogen-bond acceptors (Lipinski definition) is 5. The molecule has 1 aromatic carbocycles. The molecular formula is C15H21N3O5S. The molecule has 1 heterocycles. The number of carbonyl (C=O) groups excluding carboxylic acids is 1.